The summed E-state index contributed by atoms with van der Waals surface area (Å²) in [5, 5.41) is 3.17. The molecule has 1 fully saturated rings. The molecule has 0 bridgehead atoms. The van der Waals surface area contributed by atoms with Crippen molar-refractivity contribution in [1.29, 1.82) is 0 Å². The van der Waals surface area contributed by atoms with Gasteiger partial charge < -0.3 is 10.2 Å². The Morgan fingerprint density at radius 3 is 2.13 bits per heavy atom. The number of carbonyl (C=O) groups is 2. The Labute approximate surface area is 235 Å². The maximum absolute atomic E-state index is 13.9. The second-order valence-electron chi connectivity index (χ2n) is 11.7. The van der Waals surface area contributed by atoms with Crippen LogP contribution in [0.1, 0.15) is 77.3 Å². The van der Waals surface area contributed by atoms with E-state index in [0.717, 1.165) is 47.4 Å². The molecular weight excluding hydrogens is 510 g/mol. The SMILES string of the molecule is CC[C@H](C(=O)NC1CCCCC1)N(CCc1ccccc1)C(=O)CN(c1ccc(C(C)(C)C)cc1)S(C)(=O)=O. The average molecular weight is 556 g/mol. The molecule has 2 aromatic carbocycles. The van der Waals surface area contributed by atoms with E-state index in [4.69, 9.17) is 0 Å². The molecule has 2 amide bonds. The molecule has 8 heteroatoms. The molecule has 0 heterocycles. The summed E-state index contributed by atoms with van der Waals surface area (Å²) in [5.74, 6) is -0.548. The largest absolute Gasteiger partial charge is 0.352 e. The van der Waals surface area contributed by atoms with Gasteiger partial charge in [0.1, 0.15) is 12.6 Å². The molecule has 1 aliphatic rings. The normalized spacial score (nSPS) is 15.4. The van der Waals surface area contributed by atoms with Crippen LogP contribution in [0.25, 0.3) is 0 Å². The standard InChI is InChI=1S/C31H45N3O4S/c1-6-28(30(36)32-26-15-11-8-12-16-26)33(22-21-24-13-9-7-10-14-24)29(35)23-34(39(5,37)38)27-19-17-25(18-20-27)31(2,3)4/h7,9-10,13-14,17-20,26,28H,6,8,11-12,15-16,21-23H2,1-5H3,(H,32,36)/t28-/m1/s1. The Kier molecular flexibility index (Phi) is 10.6. The van der Waals surface area contributed by atoms with Gasteiger partial charge in [-0.2, -0.15) is 0 Å². The first kappa shape index (κ1) is 30.7. The number of nitrogens with zero attached hydrogens (tertiary/aromatic N) is 2. The fraction of sp³-hybridized carbons (Fsp3) is 0.548. The highest BCUT2D eigenvalue weighted by molar-refractivity contribution is 7.92. The van der Waals surface area contributed by atoms with Crippen LogP contribution in [-0.2, 0) is 31.4 Å². The molecule has 0 saturated heterocycles. The zero-order valence-corrected chi connectivity index (χ0v) is 25.0. The molecular formula is C31H45N3O4S. The van der Waals surface area contributed by atoms with Crippen LogP contribution in [0.15, 0.2) is 54.6 Å². The van der Waals surface area contributed by atoms with E-state index in [1.807, 2.05) is 49.4 Å². The number of rotatable bonds is 11. The number of sulfonamides is 1. The van der Waals surface area contributed by atoms with Gasteiger partial charge in [0, 0.05) is 12.6 Å². The molecule has 1 atom stereocenters. The molecule has 0 aliphatic heterocycles. The number of anilines is 1. The van der Waals surface area contributed by atoms with E-state index in [2.05, 4.69) is 26.1 Å². The summed E-state index contributed by atoms with van der Waals surface area (Å²) in [6.45, 7) is 8.12. The highest BCUT2D eigenvalue weighted by Gasteiger charge is 2.32. The monoisotopic (exact) mass is 555 g/mol. The van der Waals surface area contributed by atoms with Crippen molar-refractivity contribution < 1.29 is 18.0 Å². The predicted molar refractivity (Wildman–Crippen MR) is 158 cm³/mol. The number of carbonyl (C=O) groups excluding carboxylic acids is 2. The van der Waals surface area contributed by atoms with Gasteiger partial charge in [0.15, 0.2) is 0 Å². The first-order valence-electron chi connectivity index (χ1n) is 14.1. The molecule has 3 rings (SSSR count). The number of benzene rings is 2. The molecule has 1 N–H and O–H groups in total. The third kappa shape index (κ3) is 8.82. The molecule has 0 unspecified atom stereocenters. The van der Waals surface area contributed by atoms with Gasteiger partial charge in [-0.3, -0.25) is 13.9 Å². The Bertz CT molecular complexity index is 1180. The predicted octanol–water partition coefficient (Wildman–Crippen LogP) is 5.05. The zero-order valence-electron chi connectivity index (χ0n) is 24.2. The lowest BCUT2D eigenvalue weighted by molar-refractivity contribution is -0.140. The zero-order chi connectivity index (χ0) is 28.6. The molecule has 1 saturated carbocycles. The van der Waals surface area contributed by atoms with Crippen molar-refractivity contribution in [2.45, 2.75) is 90.1 Å². The van der Waals surface area contributed by atoms with Crippen LogP contribution in [0, 0.1) is 0 Å². The van der Waals surface area contributed by atoms with Gasteiger partial charge in [-0.15, -0.1) is 0 Å². The van der Waals surface area contributed by atoms with Crippen LogP contribution in [0.3, 0.4) is 0 Å². The van der Waals surface area contributed by atoms with Crippen LogP contribution in [-0.4, -0.2) is 56.6 Å². The van der Waals surface area contributed by atoms with Crippen LogP contribution in [0.4, 0.5) is 5.69 Å². The quantitative estimate of drug-likeness (QED) is 0.421. The van der Waals surface area contributed by atoms with Crippen molar-refractivity contribution >= 4 is 27.5 Å². The van der Waals surface area contributed by atoms with Crippen LogP contribution >= 0.6 is 0 Å². The molecule has 7 nitrogen and oxygen atoms in total. The Balaban J connectivity index is 1.87. The van der Waals surface area contributed by atoms with Crippen LogP contribution in [0.5, 0.6) is 0 Å². The molecule has 0 aromatic heterocycles. The highest BCUT2D eigenvalue weighted by Crippen LogP contribution is 2.26. The van der Waals surface area contributed by atoms with Gasteiger partial charge in [-0.1, -0.05) is 89.4 Å². The molecule has 2 aromatic rings. The topological polar surface area (TPSA) is 86.8 Å². The van der Waals surface area contributed by atoms with E-state index in [-0.39, 0.29) is 29.8 Å². The number of nitrogens with one attached hydrogen (secondary N) is 1. The average Bonchev–Trinajstić information content (AvgIpc) is 2.89. The maximum atomic E-state index is 13.9. The van der Waals surface area contributed by atoms with E-state index in [1.165, 1.54) is 6.42 Å². The van der Waals surface area contributed by atoms with Crippen LogP contribution in [0.2, 0.25) is 0 Å². The van der Waals surface area contributed by atoms with E-state index >= 15 is 0 Å². The van der Waals surface area contributed by atoms with Crippen molar-refractivity contribution in [1.82, 2.24) is 10.2 Å². The third-order valence-electron chi connectivity index (χ3n) is 7.52. The van der Waals surface area contributed by atoms with Crippen molar-refractivity contribution in [3.63, 3.8) is 0 Å². The molecule has 0 radical (unpaired) electrons. The maximum Gasteiger partial charge on any atom is 0.244 e. The molecule has 214 valence electrons. The van der Waals surface area contributed by atoms with Gasteiger partial charge in [-0.25, -0.2) is 8.42 Å². The summed E-state index contributed by atoms with van der Waals surface area (Å²) in [7, 11) is -3.75. The van der Waals surface area contributed by atoms with Gasteiger partial charge >= 0.3 is 0 Å². The van der Waals surface area contributed by atoms with E-state index < -0.39 is 16.1 Å². The van der Waals surface area contributed by atoms with Crippen LogP contribution < -0.4 is 9.62 Å². The molecule has 1 aliphatic carbocycles. The third-order valence-corrected chi connectivity index (χ3v) is 8.66. The van der Waals surface area contributed by atoms with Gasteiger partial charge in [0.2, 0.25) is 21.8 Å². The van der Waals surface area contributed by atoms with Gasteiger partial charge in [-0.05, 0) is 54.4 Å². The summed E-state index contributed by atoms with van der Waals surface area (Å²) in [4.78, 5) is 28.9. The fourth-order valence-corrected chi connectivity index (χ4v) is 6.03. The number of hydrogen-bond acceptors (Lipinski definition) is 4. The van der Waals surface area contributed by atoms with Gasteiger partial charge in [0.25, 0.3) is 0 Å². The Morgan fingerprint density at radius 1 is 0.974 bits per heavy atom. The van der Waals surface area contributed by atoms with Crippen molar-refractivity contribution in [3.05, 3.63) is 65.7 Å². The smallest absolute Gasteiger partial charge is 0.244 e. The number of hydrogen-bond donors (Lipinski definition) is 1. The second-order valence-corrected chi connectivity index (χ2v) is 13.6. The van der Waals surface area contributed by atoms with Crippen molar-refractivity contribution in [2.24, 2.45) is 0 Å². The lowest BCUT2D eigenvalue weighted by Crippen LogP contribution is -2.54. The summed E-state index contributed by atoms with van der Waals surface area (Å²) in [5.41, 5.74) is 2.47. The van der Waals surface area contributed by atoms with Crippen molar-refractivity contribution in [2.75, 3.05) is 23.7 Å². The lowest BCUT2D eigenvalue weighted by Gasteiger charge is -2.34. The first-order valence-corrected chi connectivity index (χ1v) is 16.0. The lowest BCUT2D eigenvalue weighted by atomic mass is 9.87. The first-order chi connectivity index (χ1) is 18.4. The van der Waals surface area contributed by atoms with E-state index in [0.29, 0.717) is 25.1 Å². The Hall–Kier alpha value is -2.87. The number of amides is 2. The minimum atomic E-state index is -3.75. The molecule has 39 heavy (non-hydrogen) atoms. The molecule has 0 spiro atoms. The summed E-state index contributed by atoms with van der Waals surface area (Å²) in [6.07, 6.45) is 7.39. The van der Waals surface area contributed by atoms with E-state index in [1.54, 1.807) is 17.0 Å². The Morgan fingerprint density at radius 2 is 1.59 bits per heavy atom. The van der Waals surface area contributed by atoms with Gasteiger partial charge in [0.05, 0.1) is 11.9 Å². The minimum absolute atomic E-state index is 0.0848. The summed E-state index contributed by atoms with van der Waals surface area (Å²) in [6, 6.07) is 16.6. The van der Waals surface area contributed by atoms with Crippen molar-refractivity contribution in [3.8, 4) is 0 Å². The summed E-state index contributed by atoms with van der Waals surface area (Å²) < 4.78 is 26.9. The highest BCUT2D eigenvalue weighted by atomic mass is 32.2. The second kappa shape index (κ2) is 13.5. The fourth-order valence-electron chi connectivity index (χ4n) is 5.18. The van der Waals surface area contributed by atoms with E-state index in [9.17, 15) is 18.0 Å². The minimum Gasteiger partial charge on any atom is -0.352 e. The summed E-state index contributed by atoms with van der Waals surface area (Å²) >= 11 is 0.